The van der Waals surface area contributed by atoms with Crippen molar-refractivity contribution in [2.45, 2.75) is 117 Å². The van der Waals surface area contributed by atoms with Gasteiger partial charge in [-0.3, -0.25) is 0 Å². The number of carbonyl (C=O) groups excluding carboxylic acids is 2. The Balaban J connectivity index is 1.61. The average Bonchev–Trinajstić information content (AvgIpc) is 3.49. The Bertz CT molecular complexity index is 1900. The summed E-state index contributed by atoms with van der Waals surface area (Å²) in [5, 5.41) is 4.25. The summed E-state index contributed by atoms with van der Waals surface area (Å²) in [4.78, 5) is 31.1. The van der Waals surface area contributed by atoms with Crippen LogP contribution in [-0.4, -0.2) is 58.8 Å². The molecule has 2 heterocycles. The van der Waals surface area contributed by atoms with E-state index in [-0.39, 0.29) is 28.5 Å². The molecule has 0 N–H and O–H groups in total. The molecule has 1 atom stereocenters. The van der Waals surface area contributed by atoms with E-state index in [1.165, 1.54) is 60.1 Å². The van der Waals surface area contributed by atoms with Crippen molar-refractivity contribution in [1.29, 1.82) is 0 Å². The second-order valence-electron chi connectivity index (χ2n) is 15.2. The van der Waals surface area contributed by atoms with Crippen LogP contribution in [0.2, 0.25) is 18.1 Å². The van der Waals surface area contributed by atoms with E-state index in [0.717, 1.165) is 12.1 Å². The molecule has 2 amide bonds. The largest absolute Gasteiger partial charge is 0.490 e. The van der Waals surface area contributed by atoms with Crippen molar-refractivity contribution in [3.8, 4) is 16.9 Å². The summed E-state index contributed by atoms with van der Waals surface area (Å²) in [5.74, 6) is -5.43. The summed E-state index contributed by atoms with van der Waals surface area (Å²) in [6.07, 6.45) is -1.46. The summed E-state index contributed by atoms with van der Waals surface area (Å²) in [5.41, 5.74) is -3.30. The second-order valence-corrected chi connectivity index (χ2v) is 19.9. The number of benzene rings is 2. The number of alkyl halides is 2. The van der Waals surface area contributed by atoms with Crippen LogP contribution in [0.1, 0.15) is 81.2 Å². The number of hydrogen-bond donors (Lipinski definition) is 0. The summed E-state index contributed by atoms with van der Waals surface area (Å²) < 4.78 is 86.8. The van der Waals surface area contributed by atoms with E-state index < -0.39 is 67.9 Å². The van der Waals surface area contributed by atoms with E-state index in [1.54, 1.807) is 41.5 Å². The molecule has 1 unspecified atom stereocenters. The highest BCUT2D eigenvalue weighted by atomic mass is 28.4. The molecule has 0 aliphatic heterocycles. The molecule has 54 heavy (non-hydrogen) atoms. The number of hydrogen-bond acceptors (Lipinski definition) is 8. The number of imide groups is 1. The number of halogens is 4. The molecular formula is C39H50F4N4O6Si. The summed E-state index contributed by atoms with van der Waals surface area (Å²) in [7, 11) is -2.61. The van der Waals surface area contributed by atoms with Gasteiger partial charge in [-0.1, -0.05) is 45.0 Å². The van der Waals surface area contributed by atoms with Gasteiger partial charge in [0, 0.05) is 18.2 Å². The number of aromatic nitrogens is 3. The quantitative estimate of drug-likeness (QED) is 0.0977. The molecule has 0 bridgehead atoms. The zero-order chi connectivity index (χ0) is 40.3. The first kappa shape index (κ1) is 42.2. The number of pyridine rings is 1. The van der Waals surface area contributed by atoms with Gasteiger partial charge in [0.2, 0.25) is 0 Å². The molecule has 0 aliphatic carbocycles. The molecule has 0 fully saturated rings. The fraction of sp³-hybridized carbons (Fsp3) is 0.487. The third-order valence-corrected chi connectivity index (χ3v) is 13.8. The second kappa shape index (κ2) is 16.1. The molecular weight excluding hydrogens is 725 g/mol. The number of nitrogens with zero attached hydrogens (tertiary/aromatic N) is 4. The minimum absolute atomic E-state index is 0.0755. The Morgan fingerprint density at radius 2 is 1.41 bits per heavy atom. The highest BCUT2D eigenvalue weighted by Crippen LogP contribution is 2.47. The summed E-state index contributed by atoms with van der Waals surface area (Å²) >= 11 is 0. The lowest BCUT2D eigenvalue weighted by Gasteiger charge is -2.45. The Kier molecular flexibility index (Phi) is 12.6. The SMILES string of the molecule is CC[Si](CC)(CC)OC(C)(c1ccc(F)cc1)C(F)(F)CCOc1cccc(-c2ccn3nc(N(C(=O)OC(C)(C)C)C(=O)OC(C)(C)C)nc3c2)c1F. The van der Waals surface area contributed by atoms with Gasteiger partial charge in [0.25, 0.3) is 11.9 Å². The molecule has 0 aliphatic rings. The molecule has 4 rings (SSSR count). The van der Waals surface area contributed by atoms with Gasteiger partial charge in [0.15, 0.2) is 25.5 Å². The standard InChI is InChI=1S/C39H50F4N4O6Si/c1-11-54(12-2,13-3)53-38(10,27-17-19-28(40)20-18-27)39(42,43)22-24-50-30-16-14-15-29(32(30)41)26-21-23-46-31(25-26)44-33(45-46)47(34(48)51-36(4,5)6)35(49)52-37(7,8)9/h14-21,23,25H,11-13,22,24H2,1-10H3. The Morgan fingerprint density at radius 3 is 1.94 bits per heavy atom. The zero-order valence-corrected chi connectivity index (χ0v) is 33.6. The van der Waals surface area contributed by atoms with Crippen molar-refractivity contribution in [2.75, 3.05) is 11.5 Å². The lowest BCUT2D eigenvalue weighted by atomic mass is 9.87. The average molecular weight is 775 g/mol. The molecule has 0 spiro atoms. The van der Waals surface area contributed by atoms with Crippen LogP contribution in [-0.2, 0) is 19.5 Å². The van der Waals surface area contributed by atoms with E-state index in [2.05, 4.69) is 10.1 Å². The maximum absolute atomic E-state index is 16.4. The van der Waals surface area contributed by atoms with E-state index in [0.29, 0.717) is 28.6 Å². The van der Waals surface area contributed by atoms with Crippen molar-refractivity contribution in [1.82, 2.24) is 14.6 Å². The van der Waals surface area contributed by atoms with Gasteiger partial charge in [-0.15, -0.1) is 10.00 Å². The van der Waals surface area contributed by atoms with Crippen LogP contribution in [0.25, 0.3) is 16.8 Å². The van der Waals surface area contributed by atoms with E-state index >= 15 is 13.2 Å². The fourth-order valence-corrected chi connectivity index (χ4v) is 8.94. The van der Waals surface area contributed by atoms with Crippen LogP contribution in [0.15, 0.2) is 60.8 Å². The molecule has 294 valence electrons. The summed E-state index contributed by atoms with van der Waals surface area (Å²) in [6.45, 7) is 16.4. The first-order valence-electron chi connectivity index (χ1n) is 18.0. The maximum Gasteiger partial charge on any atom is 0.427 e. The number of rotatable bonds is 13. The van der Waals surface area contributed by atoms with E-state index in [1.807, 2.05) is 20.8 Å². The zero-order valence-electron chi connectivity index (χ0n) is 32.6. The Morgan fingerprint density at radius 1 is 0.833 bits per heavy atom. The van der Waals surface area contributed by atoms with Crippen molar-refractivity contribution < 1.29 is 45.8 Å². The van der Waals surface area contributed by atoms with Crippen LogP contribution < -0.4 is 9.64 Å². The van der Waals surface area contributed by atoms with Crippen LogP contribution >= 0.6 is 0 Å². The highest BCUT2D eigenvalue weighted by molar-refractivity contribution is 6.73. The minimum atomic E-state index is -3.49. The molecule has 2 aromatic heterocycles. The van der Waals surface area contributed by atoms with Crippen molar-refractivity contribution in [2.24, 2.45) is 0 Å². The van der Waals surface area contributed by atoms with E-state index in [4.69, 9.17) is 18.6 Å². The third kappa shape index (κ3) is 9.59. The van der Waals surface area contributed by atoms with Crippen LogP contribution in [0.5, 0.6) is 5.75 Å². The first-order chi connectivity index (χ1) is 25.1. The Labute approximate surface area is 314 Å². The number of carbonyl (C=O) groups is 2. The van der Waals surface area contributed by atoms with Gasteiger partial charge in [0.05, 0.1) is 6.61 Å². The van der Waals surface area contributed by atoms with E-state index in [9.17, 15) is 14.0 Å². The molecule has 0 saturated heterocycles. The fourth-order valence-electron chi connectivity index (χ4n) is 5.87. The summed E-state index contributed by atoms with van der Waals surface area (Å²) in [6, 6.07) is 14.1. The van der Waals surface area contributed by atoms with Crippen LogP contribution in [0, 0.1) is 11.6 Å². The van der Waals surface area contributed by atoms with Gasteiger partial charge in [-0.25, -0.2) is 31.7 Å². The van der Waals surface area contributed by atoms with Crippen LogP contribution in [0.3, 0.4) is 0 Å². The lowest BCUT2D eigenvalue weighted by molar-refractivity contribution is -0.175. The molecule has 2 aromatic carbocycles. The van der Waals surface area contributed by atoms with Crippen molar-refractivity contribution in [3.05, 3.63) is 78.0 Å². The third-order valence-electron chi connectivity index (χ3n) is 9.07. The first-order valence-corrected chi connectivity index (χ1v) is 20.5. The van der Waals surface area contributed by atoms with Gasteiger partial charge < -0.3 is 18.6 Å². The molecule has 10 nitrogen and oxygen atoms in total. The van der Waals surface area contributed by atoms with Gasteiger partial charge >= 0.3 is 12.2 Å². The molecule has 4 aromatic rings. The monoisotopic (exact) mass is 774 g/mol. The van der Waals surface area contributed by atoms with Gasteiger partial charge in [-0.05, 0) is 108 Å². The Hall–Kier alpha value is -4.50. The molecule has 0 saturated carbocycles. The smallest absolute Gasteiger partial charge is 0.427 e. The number of anilines is 1. The topological polar surface area (TPSA) is 104 Å². The predicted molar refractivity (Wildman–Crippen MR) is 200 cm³/mol. The molecule has 0 radical (unpaired) electrons. The number of amides is 2. The van der Waals surface area contributed by atoms with Crippen molar-refractivity contribution in [3.63, 3.8) is 0 Å². The predicted octanol–water partition coefficient (Wildman–Crippen LogP) is 10.7. The normalized spacial score (nSPS) is 13.7. The molecule has 15 heteroatoms. The highest BCUT2D eigenvalue weighted by Gasteiger charge is 2.55. The minimum Gasteiger partial charge on any atom is -0.490 e. The number of ether oxygens (including phenoxy) is 3. The number of fused-ring (bicyclic) bond motifs is 1. The van der Waals surface area contributed by atoms with Gasteiger partial charge in [0.1, 0.15) is 22.6 Å². The lowest BCUT2D eigenvalue weighted by Crippen LogP contribution is -2.53. The van der Waals surface area contributed by atoms with Gasteiger partial charge in [-0.2, -0.15) is 4.98 Å². The van der Waals surface area contributed by atoms with Crippen LogP contribution in [0.4, 0.5) is 33.1 Å². The van der Waals surface area contributed by atoms with Crippen molar-refractivity contribution >= 4 is 32.1 Å². The maximum atomic E-state index is 16.4.